The zero-order valence-electron chi connectivity index (χ0n) is 11.3. The van der Waals surface area contributed by atoms with Gasteiger partial charge >= 0.3 is 6.09 Å². The number of amides is 1. The maximum atomic E-state index is 11.8. The van der Waals surface area contributed by atoms with Crippen LogP contribution in [0.25, 0.3) is 0 Å². The molecule has 1 amide bonds. The van der Waals surface area contributed by atoms with Crippen LogP contribution in [-0.4, -0.2) is 40.4 Å². The van der Waals surface area contributed by atoms with Crippen LogP contribution in [0.2, 0.25) is 0 Å². The molecular weight excluding hydrogens is 206 g/mol. The number of hydrogen-bond donors (Lipinski definition) is 1. The van der Waals surface area contributed by atoms with Crippen molar-refractivity contribution in [3.8, 4) is 0 Å². The monoisotopic (exact) mass is 231 g/mol. The summed E-state index contributed by atoms with van der Waals surface area (Å²) in [5.41, 5.74) is -0.477. The van der Waals surface area contributed by atoms with Crippen LogP contribution in [-0.2, 0) is 4.74 Å². The normalized spacial score (nSPS) is 13.8. The van der Waals surface area contributed by atoms with Crippen LogP contribution in [0.5, 0.6) is 0 Å². The van der Waals surface area contributed by atoms with Gasteiger partial charge in [0.2, 0.25) is 0 Å². The van der Waals surface area contributed by atoms with Crippen molar-refractivity contribution in [3.63, 3.8) is 0 Å². The number of carbonyl (C=O) groups excluding carboxylic acids is 1. The summed E-state index contributed by atoms with van der Waals surface area (Å²) in [4.78, 5) is 13.5. The molecule has 0 aromatic rings. The van der Waals surface area contributed by atoms with E-state index in [4.69, 9.17) is 4.74 Å². The maximum absolute atomic E-state index is 11.8. The zero-order valence-corrected chi connectivity index (χ0v) is 11.3. The maximum Gasteiger partial charge on any atom is 0.410 e. The van der Waals surface area contributed by atoms with E-state index in [1.165, 1.54) is 0 Å². The fraction of sp³-hybridized carbons (Fsp3) is 0.917. The van der Waals surface area contributed by atoms with E-state index in [2.05, 4.69) is 0 Å². The lowest BCUT2D eigenvalue weighted by atomic mass is 10.2. The molecule has 0 saturated carbocycles. The van der Waals surface area contributed by atoms with Crippen molar-refractivity contribution in [1.82, 2.24) is 4.90 Å². The molecule has 0 bridgehead atoms. The van der Waals surface area contributed by atoms with Crippen molar-refractivity contribution >= 4 is 6.09 Å². The molecule has 0 aromatic carbocycles. The molecule has 0 aliphatic heterocycles. The second kappa shape index (κ2) is 6.09. The first-order valence-corrected chi connectivity index (χ1v) is 5.81. The predicted molar refractivity (Wildman–Crippen MR) is 64.4 cm³/mol. The highest BCUT2D eigenvalue weighted by molar-refractivity contribution is 5.68. The summed E-state index contributed by atoms with van der Waals surface area (Å²) in [6, 6.07) is 0.0774. The average molecular weight is 231 g/mol. The van der Waals surface area contributed by atoms with Crippen molar-refractivity contribution in [2.75, 3.05) is 6.54 Å². The van der Waals surface area contributed by atoms with Gasteiger partial charge < -0.3 is 14.7 Å². The minimum Gasteiger partial charge on any atom is -0.444 e. The summed E-state index contributed by atoms with van der Waals surface area (Å²) >= 11 is 0. The topological polar surface area (TPSA) is 49.8 Å². The third-order valence-corrected chi connectivity index (χ3v) is 2.04. The lowest BCUT2D eigenvalue weighted by molar-refractivity contribution is 0.0165. The van der Waals surface area contributed by atoms with Gasteiger partial charge in [0.05, 0.1) is 6.10 Å². The largest absolute Gasteiger partial charge is 0.444 e. The van der Waals surface area contributed by atoms with E-state index < -0.39 is 11.7 Å². The lowest BCUT2D eigenvalue weighted by Crippen LogP contribution is -2.42. The Morgan fingerprint density at radius 1 is 1.31 bits per heavy atom. The molecule has 0 aliphatic rings. The predicted octanol–water partition coefficient (Wildman–Crippen LogP) is 2.40. The van der Waals surface area contributed by atoms with Gasteiger partial charge in [-0.05, 0) is 48.0 Å². The molecule has 96 valence electrons. The zero-order chi connectivity index (χ0) is 12.9. The quantitative estimate of drug-likeness (QED) is 0.808. The lowest BCUT2D eigenvalue weighted by Gasteiger charge is -2.30. The van der Waals surface area contributed by atoms with Gasteiger partial charge in [-0.3, -0.25) is 0 Å². The van der Waals surface area contributed by atoms with Crippen molar-refractivity contribution in [2.45, 2.75) is 65.7 Å². The average Bonchev–Trinajstić information content (AvgIpc) is 1.98. The molecular formula is C12H25NO3. The molecule has 4 heteroatoms. The van der Waals surface area contributed by atoms with Gasteiger partial charge in [0, 0.05) is 12.6 Å². The van der Waals surface area contributed by atoms with Gasteiger partial charge in [-0.15, -0.1) is 0 Å². The highest BCUT2D eigenvalue weighted by atomic mass is 16.6. The summed E-state index contributed by atoms with van der Waals surface area (Å²) in [7, 11) is 0. The molecule has 0 saturated heterocycles. The Balaban J connectivity index is 4.36. The van der Waals surface area contributed by atoms with Crippen LogP contribution in [0.4, 0.5) is 4.79 Å². The highest BCUT2D eigenvalue weighted by Crippen LogP contribution is 2.12. The second-order valence-corrected chi connectivity index (χ2v) is 5.41. The van der Waals surface area contributed by atoms with Crippen LogP contribution in [0, 0.1) is 0 Å². The summed E-state index contributed by atoms with van der Waals surface area (Å²) in [6.45, 7) is 11.6. The number of aliphatic hydroxyl groups is 1. The fourth-order valence-corrected chi connectivity index (χ4v) is 1.21. The van der Waals surface area contributed by atoms with Gasteiger partial charge in [0.15, 0.2) is 0 Å². The van der Waals surface area contributed by atoms with Gasteiger partial charge in [0.25, 0.3) is 0 Å². The number of rotatable bonds is 4. The van der Waals surface area contributed by atoms with Crippen molar-refractivity contribution in [3.05, 3.63) is 0 Å². The Hall–Kier alpha value is -0.770. The van der Waals surface area contributed by atoms with Crippen LogP contribution >= 0.6 is 0 Å². The Morgan fingerprint density at radius 2 is 1.81 bits per heavy atom. The van der Waals surface area contributed by atoms with E-state index >= 15 is 0 Å². The number of ether oxygens (including phenoxy) is 1. The molecule has 0 heterocycles. The van der Waals surface area contributed by atoms with Crippen molar-refractivity contribution in [1.29, 1.82) is 0 Å². The van der Waals surface area contributed by atoms with E-state index in [9.17, 15) is 9.90 Å². The number of carbonyl (C=O) groups is 1. The van der Waals surface area contributed by atoms with Crippen LogP contribution in [0.3, 0.4) is 0 Å². The SMILES string of the molecule is CC(C)N(CC[C@@H](C)O)C(=O)OC(C)(C)C. The van der Waals surface area contributed by atoms with Gasteiger partial charge in [-0.25, -0.2) is 4.79 Å². The van der Waals surface area contributed by atoms with Crippen molar-refractivity contribution in [2.24, 2.45) is 0 Å². The van der Waals surface area contributed by atoms with Crippen LogP contribution < -0.4 is 0 Å². The summed E-state index contributed by atoms with van der Waals surface area (Å²) in [5.74, 6) is 0. The Kier molecular flexibility index (Phi) is 5.79. The molecule has 0 aromatic heterocycles. The van der Waals surface area contributed by atoms with E-state index in [1.54, 1.807) is 11.8 Å². The molecule has 0 rings (SSSR count). The minimum absolute atomic E-state index is 0.0774. The van der Waals surface area contributed by atoms with Gasteiger partial charge in [-0.2, -0.15) is 0 Å². The fourth-order valence-electron chi connectivity index (χ4n) is 1.21. The van der Waals surface area contributed by atoms with Crippen LogP contribution in [0.15, 0.2) is 0 Å². The smallest absolute Gasteiger partial charge is 0.410 e. The van der Waals surface area contributed by atoms with E-state index in [-0.39, 0.29) is 12.1 Å². The molecule has 0 spiro atoms. The summed E-state index contributed by atoms with van der Waals surface area (Å²) < 4.78 is 5.30. The first-order chi connectivity index (χ1) is 7.13. The Bertz CT molecular complexity index is 219. The molecule has 0 radical (unpaired) electrons. The van der Waals surface area contributed by atoms with Crippen LogP contribution in [0.1, 0.15) is 48.0 Å². The Labute approximate surface area is 98.6 Å². The first-order valence-electron chi connectivity index (χ1n) is 5.81. The molecule has 16 heavy (non-hydrogen) atoms. The number of aliphatic hydroxyl groups excluding tert-OH is 1. The van der Waals surface area contributed by atoms with Crippen molar-refractivity contribution < 1.29 is 14.6 Å². The molecule has 0 aliphatic carbocycles. The molecule has 1 atom stereocenters. The van der Waals surface area contributed by atoms with E-state index in [0.717, 1.165) is 0 Å². The summed E-state index contributed by atoms with van der Waals surface area (Å²) in [6.07, 6.45) is -0.149. The summed E-state index contributed by atoms with van der Waals surface area (Å²) in [5, 5.41) is 9.22. The molecule has 0 fully saturated rings. The first kappa shape index (κ1) is 15.2. The van der Waals surface area contributed by atoms with E-state index in [0.29, 0.717) is 13.0 Å². The molecule has 4 nitrogen and oxygen atoms in total. The third-order valence-electron chi connectivity index (χ3n) is 2.04. The number of nitrogens with zero attached hydrogens (tertiary/aromatic N) is 1. The standard InChI is InChI=1S/C12H25NO3/c1-9(2)13(8-7-10(3)14)11(15)16-12(4,5)6/h9-10,14H,7-8H2,1-6H3/t10-/m1/s1. The van der Waals surface area contributed by atoms with Gasteiger partial charge in [-0.1, -0.05) is 0 Å². The van der Waals surface area contributed by atoms with Gasteiger partial charge in [0.1, 0.15) is 5.60 Å². The second-order valence-electron chi connectivity index (χ2n) is 5.41. The third kappa shape index (κ3) is 6.67. The highest BCUT2D eigenvalue weighted by Gasteiger charge is 2.23. The minimum atomic E-state index is -0.477. The molecule has 0 unspecified atom stereocenters. The number of hydrogen-bond acceptors (Lipinski definition) is 3. The molecule has 1 N–H and O–H groups in total. The van der Waals surface area contributed by atoms with E-state index in [1.807, 2.05) is 34.6 Å². The Morgan fingerprint density at radius 3 is 2.12 bits per heavy atom.